The minimum absolute atomic E-state index is 0. The standard InChI is InChI=1S/C11H9F12NS.C10H9F12I.CHNS.K/c12-7(13,3-6(9(15,16)17)1-2-25-5-24)4-8(14,10(18,19)20)11(21,22)23;11-6(12,3-5(1-2-23)8(14,15)16)4-7(13,9(17,18)19)10(20,21)22;2-1-3;/h6H,1-4H2;5H,1-4H2;3H;/q;;;+1/p-1. The zero-order valence-electron chi connectivity index (χ0n) is 25.0. The van der Waals surface area contributed by atoms with Gasteiger partial charge in [-0.2, -0.15) is 84.3 Å². The third kappa shape index (κ3) is 19.9. The van der Waals surface area contributed by atoms with Gasteiger partial charge in [0.25, 0.3) is 11.8 Å². The second kappa shape index (κ2) is 21.7. The summed E-state index contributed by atoms with van der Waals surface area (Å²) < 4.78 is 302. The number of hydrogen-bond acceptors (Lipinski definition) is 4. The first-order valence-corrected chi connectivity index (χ1v) is 15.2. The molecule has 0 bridgehead atoms. The van der Waals surface area contributed by atoms with E-state index in [0.717, 1.165) is 0 Å². The van der Waals surface area contributed by atoms with Crippen molar-refractivity contribution < 1.29 is 157 Å². The van der Waals surface area contributed by atoms with Gasteiger partial charge in [-0.3, -0.25) is 0 Å². The van der Waals surface area contributed by atoms with Gasteiger partial charge in [0.15, 0.2) is 0 Å². The van der Waals surface area contributed by atoms with E-state index in [1.165, 1.54) is 33.4 Å². The molecule has 30 heteroatoms. The van der Waals surface area contributed by atoms with Crippen molar-refractivity contribution in [3.05, 3.63) is 0 Å². The maximum Gasteiger partial charge on any atom is 1.00 e. The summed E-state index contributed by atoms with van der Waals surface area (Å²) >= 11 is 5.30. The SMILES string of the molecule is FC(F)(CC(CCI)C(F)(F)F)CC(F)(C(F)(F)F)C(F)(F)F.N#CSCCC(CC(F)(F)CC(F)(C(F)(F)F)C(F)(F)F)C(F)(F)F.N#C[S-].[K+]. The molecule has 304 valence electrons. The summed E-state index contributed by atoms with van der Waals surface area (Å²) in [6, 6.07) is 0. The molecule has 0 aliphatic carbocycles. The van der Waals surface area contributed by atoms with Crippen molar-refractivity contribution in [2.24, 2.45) is 11.8 Å². The fourth-order valence-corrected chi connectivity index (χ4v) is 4.69. The van der Waals surface area contributed by atoms with Crippen molar-refractivity contribution in [2.75, 3.05) is 10.2 Å². The van der Waals surface area contributed by atoms with Crippen molar-refractivity contribution in [1.29, 1.82) is 10.5 Å². The molecule has 0 saturated carbocycles. The average molecular weight is 996 g/mol. The molecule has 0 fully saturated rings. The van der Waals surface area contributed by atoms with Gasteiger partial charge in [-0.15, -0.1) is 0 Å². The Balaban J connectivity index is -0.000000405. The monoisotopic (exact) mass is 996 g/mol. The van der Waals surface area contributed by atoms with Gasteiger partial charge in [0.1, 0.15) is 5.40 Å². The van der Waals surface area contributed by atoms with Crippen LogP contribution in [0.2, 0.25) is 0 Å². The van der Waals surface area contributed by atoms with E-state index < -0.39 is 116 Å². The van der Waals surface area contributed by atoms with Crippen molar-refractivity contribution in [3.63, 3.8) is 0 Å². The van der Waals surface area contributed by atoms with Crippen LogP contribution >= 0.6 is 34.4 Å². The minimum atomic E-state index is -6.79. The number of nitrogens with zero attached hydrogens (tertiary/aromatic N) is 2. The Bertz CT molecular complexity index is 1090. The van der Waals surface area contributed by atoms with E-state index in [1.54, 1.807) is 0 Å². The summed E-state index contributed by atoms with van der Waals surface area (Å²) in [7, 11) is 0. The van der Waals surface area contributed by atoms with Gasteiger partial charge in [-0.05, 0) is 24.6 Å². The summed E-state index contributed by atoms with van der Waals surface area (Å²) in [4.78, 5) is 0. The molecule has 0 aromatic carbocycles. The van der Waals surface area contributed by atoms with Gasteiger partial charge in [-0.25, -0.2) is 31.6 Å². The molecule has 0 rings (SSSR count). The van der Waals surface area contributed by atoms with E-state index in [4.69, 9.17) is 10.5 Å². The van der Waals surface area contributed by atoms with Crippen LogP contribution in [-0.2, 0) is 12.6 Å². The van der Waals surface area contributed by atoms with Crippen LogP contribution in [-0.4, -0.2) is 70.4 Å². The first-order valence-electron chi connectivity index (χ1n) is 12.3. The molecule has 2 nitrogen and oxygen atoms in total. The summed E-state index contributed by atoms with van der Waals surface area (Å²) in [6.45, 7) is 0. The Labute approximate surface area is 343 Å². The third-order valence-electron chi connectivity index (χ3n) is 5.91. The predicted octanol–water partition coefficient (Wildman–Crippen LogP) is 9.27. The molecule has 0 aliphatic heterocycles. The van der Waals surface area contributed by atoms with Gasteiger partial charge < -0.3 is 12.6 Å². The van der Waals surface area contributed by atoms with E-state index in [1.807, 2.05) is 0 Å². The predicted molar refractivity (Wildman–Crippen MR) is 139 cm³/mol. The molecule has 0 N–H and O–H groups in total. The normalized spacial score (nSPS) is 15.1. The van der Waals surface area contributed by atoms with Crippen LogP contribution in [0.5, 0.6) is 0 Å². The van der Waals surface area contributed by atoms with Crippen LogP contribution in [0.1, 0.15) is 38.5 Å². The van der Waals surface area contributed by atoms with Crippen LogP contribution in [0.15, 0.2) is 0 Å². The van der Waals surface area contributed by atoms with Crippen molar-refractivity contribution in [1.82, 2.24) is 0 Å². The number of thioether (sulfide) groups is 1. The molecular weight excluding hydrogens is 978 g/mol. The summed E-state index contributed by atoms with van der Waals surface area (Å²) in [6.07, 6.45) is -51.6. The second-order valence-electron chi connectivity index (χ2n) is 9.84. The van der Waals surface area contributed by atoms with Gasteiger partial charge >= 0.3 is 99.8 Å². The molecule has 2 unspecified atom stereocenters. The van der Waals surface area contributed by atoms with Gasteiger partial charge in [-0.1, -0.05) is 28.0 Å². The molecule has 0 radical (unpaired) electrons. The smallest absolute Gasteiger partial charge is 0.696 e. The number of rotatable bonds is 13. The third-order valence-corrected chi connectivity index (χ3v) is 7.10. The molecule has 0 spiro atoms. The van der Waals surface area contributed by atoms with E-state index in [0.29, 0.717) is 0 Å². The number of halogens is 25. The maximum absolute atomic E-state index is 13.5. The zero-order chi connectivity index (χ0) is 41.9. The fourth-order valence-electron chi connectivity index (χ4n) is 3.44. The largest absolute Gasteiger partial charge is 1.00 e. The average Bonchev–Trinajstić information content (AvgIpc) is 2.84. The molecule has 0 aliphatic rings. The Kier molecular flexibility index (Phi) is 24.6. The maximum atomic E-state index is 13.5. The van der Waals surface area contributed by atoms with Gasteiger partial charge in [0, 0.05) is 23.0 Å². The molecule has 0 aromatic heterocycles. The van der Waals surface area contributed by atoms with Gasteiger partial charge in [0.2, 0.25) is 0 Å². The van der Waals surface area contributed by atoms with Crippen LogP contribution < -0.4 is 51.4 Å². The fraction of sp³-hybridized carbons (Fsp3) is 0.909. The quantitative estimate of drug-likeness (QED) is 0.0352. The zero-order valence-corrected chi connectivity index (χ0v) is 31.9. The Morgan fingerprint density at radius 2 is 0.769 bits per heavy atom. The molecule has 2 atom stereocenters. The number of nitriles is 2. The Morgan fingerprint density at radius 1 is 0.519 bits per heavy atom. The summed E-state index contributed by atoms with van der Waals surface area (Å²) in [5.41, 5.74) is -12.7. The topological polar surface area (TPSA) is 47.6 Å². The molecular formula is C22H18F24IKN2S2. The van der Waals surface area contributed by atoms with Crippen LogP contribution in [0.25, 0.3) is 0 Å². The Morgan fingerprint density at radius 3 is 0.962 bits per heavy atom. The van der Waals surface area contributed by atoms with Crippen molar-refractivity contribution in [2.45, 2.75) is 98.8 Å². The van der Waals surface area contributed by atoms with Crippen LogP contribution in [0, 0.1) is 33.2 Å². The first-order chi connectivity index (χ1) is 22.2. The van der Waals surface area contributed by atoms with Crippen molar-refractivity contribution >= 4 is 47.0 Å². The van der Waals surface area contributed by atoms with Crippen LogP contribution in [0.3, 0.4) is 0 Å². The molecule has 0 saturated heterocycles. The molecule has 0 amide bonds. The molecule has 0 heterocycles. The number of hydrogen-bond donors (Lipinski definition) is 0. The van der Waals surface area contributed by atoms with E-state index >= 15 is 0 Å². The van der Waals surface area contributed by atoms with E-state index in [2.05, 4.69) is 12.6 Å². The number of alkyl halides is 25. The van der Waals surface area contributed by atoms with Crippen molar-refractivity contribution in [3.8, 4) is 10.8 Å². The van der Waals surface area contributed by atoms with E-state index in [9.17, 15) is 105 Å². The first kappa shape index (κ1) is 58.9. The second-order valence-corrected chi connectivity index (χ2v) is 12.0. The minimum Gasteiger partial charge on any atom is -0.696 e. The van der Waals surface area contributed by atoms with E-state index in [-0.39, 0.29) is 67.6 Å². The summed E-state index contributed by atoms with van der Waals surface area (Å²) in [5, 5.41) is 17.9. The molecule has 0 aromatic rings. The molecule has 52 heavy (non-hydrogen) atoms. The Hall–Kier alpha value is 0.236. The van der Waals surface area contributed by atoms with Crippen LogP contribution in [0.4, 0.5) is 105 Å². The van der Waals surface area contributed by atoms with Gasteiger partial charge in [0.05, 0.1) is 24.7 Å². The summed E-state index contributed by atoms with van der Waals surface area (Å²) in [5.74, 6) is -16.9. The number of thiocyanates is 2.